The van der Waals surface area contributed by atoms with E-state index in [0.29, 0.717) is 25.9 Å². The molecule has 1 amide bonds. The summed E-state index contributed by atoms with van der Waals surface area (Å²) in [7, 11) is 0. The number of carboxylic acid groups (broad SMARTS) is 1. The Labute approximate surface area is 305 Å². The normalized spacial score (nSPS) is 17.2. The molecule has 1 aliphatic heterocycles. The number of nitrogens with one attached hydrogen (secondary N) is 1. The molecule has 0 aliphatic carbocycles. The van der Waals surface area contributed by atoms with E-state index in [1.807, 2.05) is 66.7 Å². The number of benzene rings is 5. The average molecular weight is 699 g/mol. The molecule has 3 N–H and O–H groups in total. The third-order valence-corrected chi connectivity index (χ3v) is 9.28. The molecular weight excluding hydrogens is 652 g/mol. The minimum atomic E-state index is -0.900. The van der Waals surface area contributed by atoms with E-state index in [4.69, 9.17) is 14.6 Å². The van der Waals surface area contributed by atoms with Gasteiger partial charge in [0.05, 0.1) is 18.8 Å². The van der Waals surface area contributed by atoms with E-state index >= 15 is 0 Å². The fourth-order valence-electron chi connectivity index (χ4n) is 6.60. The maximum Gasteiger partial charge on any atom is 0.303 e. The van der Waals surface area contributed by atoms with E-state index in [1.165, 1.54) is 11.1 Å². The molecule has 52 heavy (non-hydrogen) atoms. The second-order valence-electron chi connectivity index (χ2n) is 13.3. The van der Waals surface area contributed by atoms with Crippen LogP contribution in [0.1, 0.15) is 71.5 Å². The molecule has 0 spiro atoms. The Kier molecular flexibility index (Phi) is 13.0. The molecule has 1 saturated heterocycles. The van der Waals surface area contributed by atoms with Gasteiger partial charge in [0.25, 0.3) is 0 Å². The summed E-state index contributed by atoms with van der Waals surface area (Å²) < 4.78 is 13.5. The van der Waals surface area contributed by atoms with Crippen molar-refractivity contribution in [3.63, 3.8) is 0 Å². The van der Waals surface area contributed by atoms with Crippen LogP contribution in [-0.2, 0) is 45.3 Å². The number of rotatable bonds is 16. The predicted molar refractivity (Wildman–Crippen MR) is 201 cm³/mol. The molecule has 3 atom stereocenters. The second-order valence-corrected chi connectivity index (χ2v) is 13.3. The molecule has 1 fully saturated rings. The summed E-state index contributed by atoms with van der Waals surface area (Å²) in [5.41, 5.74) is 8.24. The third-order valence-electron chi connectivity index (χ3n) is 9.28. The van der Waals surface area contributed by atoms with Crippen LogP contribution in [0.4, 0.5) is 0 Å². The first-order chi connectivity index (χ1) is 25.4. The molecule has 3 unspecified atom stereocenters. The van der Waals surface area contributed by atoms with Crippen molar-refractivity contribution in [2.45, 2.75) is 70.4 Å². The number of ether oxygens (including phenoxy) is 2. The summed E-state index contributed by atoms with van der Waals surface area (Å²) in [6.45, 7) is 2.62. The van der Waals surface area contributed by atoms with Crippen LogP contribution in [0.5, 0.6) is 0 Å². The summed E-state index contributed by atoms with van der Waals surface area (Å²) in [4.78, 5) is 25.5. The highest BCUT2D eigenvalue weighted by atomic mass is 16.7. The van der Waals surface area contributed by atoms with E-state index in [1.54, 1.807) is 0 Å². The van der Waals surface area contributed by atoms with Gasteiger partial charge in [0.2, 0.25) is 5.91 Å². The van der Waals surface area contributed by atoms with Crippen LogP contribution in [0.3, 0.4) is 0 Å². The van der Waals surface area contributed by atoms with Crippen molar-refractivity contribution in [2.75, 3.05) is 6.54 Å². The zero-order valence-electron chi connectivity index (χ0n) is 29.3. The number of hydrogen-bond donors (Lipinski definition) is 3. The van der Waals surface area contributed by atoms with Gasteiger partial charge in [-0.2, -0.15) is 0 Å². The number of amides is 1. The number of carbonyl (C=O) groups is 2. The fraction of sp³-hybridized carbons (Fsp3) is 0.273. The summed E-state index contributed by atoms with van der Waals surface area (Å²) in [5.74, 6) is -1.07. The van der Waals surface area contributed by atoms with Gasteiger partial charge in [0.1, 0.15) is 0 Å². The Morgan fingerprint density at radius 2 is 1.31 bits per heavy atom. The van der Waals surface area contributed by atoms with Crippen LogP contribution in [0.25, 0.3) is 11.1 Å². The van der Waals surface area contributed by atoms with Crippen LogP contribution in [0.15, 0.2) is 133 Å². The van der Waals surface area contributed by atoms with Crippen molar-refractivity contribution in [3.8, 4) is 11.1 Å². The Balaban J connectivity index is 1.22. The van der Waals surface area contributed by atoms with E-state index in [0.717, 1.165) is 46.5 Å². The summed E-state index contributed by atoms with van der Waals surface area (Å²) in [6.07, 6.45) is 0.207. The molecule has 268 valence electrons. The first kappa shape index (κ1) is 36.7. The maximum atomic E-state index is 12.3. The third kappa shape index (κ3) is 10.7. The van der Waals surface area contributed by atoms with Crippen molar-refractivity contribution in [1.29, 1.82) is 0 Å². The van der Waals surface area contributed by atoms with E-state index in [-0.39, 0.29) is 37.6 Å². The number of aliphatic hydroxyl groups excluding tert-OH is 1. The lowest BCUT2D eigenvalue weighted by molar-refractivity contribution is -0.253. The van der Waals surface area contributed by atoms with Crippen molar-refractivity contribution >= 4 is 11.9 Å². The maximum absolute atomic E-state index is 12.3. The van der Waals surface area contributed by atoms with Gasteiger partial charge in [-0.05, 0) is 57.5 Å². The number of aliphatic hydroxyl groups is 1. The Morgan fingerprint density at radius 3 is 1.96 bits per heavy atom. The Hall–Kier alpha value is -5.12. The lowest BCUT2D eigenvalue weighted by Crippen LogP contribution is -2.39. The number of hydrogen-bond acceptors (Lipinski definition) is 6. The molecule has 1 heterocycles. The number of aliphatic carboxylic acids is 1. The quantitative estimate of drug-likeness (QED) is 0.0960. The average Bonchev–Trinajstić information content (AvgIpc) is 3.18. The first-order valence-corrected chi connectivity index (χ1v) is 17.9. The minimum absolute atomic E-state index is 0.0126. The largest absolute Gasteiger partial charge is 0.481 e. The minimum Gasteiger partial charge on any atom is -0.481 e. The molecular formula is C44H46N2O6. The number of carboxylic acids is 1. The predicted octanol–water partition coefficient (Wildman–Crippen LogP) is 7.96. The number of carbonyl (C=O) groups excluding carboxylic acids is 1. The van der Waals surface area contributed by atoms with Gasteiger partial charge in [-0.25, -0.2) is 0 Å². The molecule has 0 bridgehead atoms. The van der Waals surface area contributed by atoms with Crippen molar-refractivity contribution in [2.24, 2.45) is 0 Å². The van der Waals surface area contributed by atoms with Gasteiger partial charge in [0, 0.05) is 51.0 Å². The highest BCUT2D eigenvalue weighted by Crippen LogP contribution is 2.39. The molecule has 6 rings (SSSR count). The SMILES string of the molecule is O=C(O)CCCC(=O)NCc1cccc(-c2cccc(C3OC(CN(Cc4ccccc4)Cc4ccccc4)CC(c4ccc(CO)cc4)O3)c2)c1. The Morgan fingerprint density at radius 1 is 0.673 bits per heavy atom. The second kappa shape index (κ2) is 18.4. The van der Waals surface area contributed by atoms with Gasteiger partial charge >= 0.3 is 5.97 Å². The van der Waals surface area contributed by atoms with Crippen LogP contribution in [0, 0.1) is 0 Å². The lowest BCUT2D eigenvalue weighted by atomic mass is 9.98. The lowest BCUT2D eigenvalue weighted by Gasteiger charge is -2.38. The van der Waals surface area contributed by atoms with Crippen LogP contribution >= 0.6 is 0 Å². The van der Waals surface area contributed by atoms with Gasteiger partial charge in [-0.3, -0.25) is 14.5 Å². The van der Waals surface area contributed by atoms with E-state index in [2.05, 4.69) is 76.9 Å². The van der Waals surface area contributed by atoms with Gasteiger partial charge in [-0.15, -0.1) is 0 Å². The van der Waals surface area contributed by atoms with Crippen molar-refractivity contribution in [1.82, 2.24) is 10.2 Å². The molecule has 0 radical (unpaired) electrons. The van der Waals surface area contributed by atoms with E-state index in [9.17, 15) is 14.7 Å². The van der Waals surface area contributed by atoms with Crippen molar-refractivity contribution < 1.29 is 29.3 Å². The zero-order valence-corrected chi connectivity index (χ0v) is 29.3. The van der Waals surface area contributed by atoms with Gasteiger partial charge in [0.15, 0.2) is 6.29 Å². The summed E-state index contributed by atoms with van der Waals surface area (Å²) in [5, 5.41) is 21.4. The van der Waals surface area contributed by atoms with Crippen LogP contribution in [0.2, 0.25) is 0 Å². The van der Waals surface area contributed by atoms with Gasteiger partial charge in [-0.1, -0.05) is 121 Å². The zero-order chi connectivity index (χ0) is 36.1. The summed E-state index contributed by atoms with van der Waals surface area (Å²) >= 11 is 0. The highest BCUT2D eigenvalue weighted by Gasteiger charge is 2.33. The molecule has 1 aliphatic rings. The molecule has 8 nitrogen and oxygen atoms in total. The monoisotopic (exact) mass is 698 g/mol. The highest BCUT2D eigenvalue weighted by molar-refractivity contribution is 5.76. The fourth-order valence-corrected chi connectivity index (χ4v) is 6.60. The molecule has 8 heteroatoms. The topological polar surface area (TPSA) is 108 Å². The number of nitrogens with zero attached hydrogens (tertiary/aromatic N) is 1. The molecule has 0 saturated carbocycles. The first-order valence-electron chi connectivity index (χ1n) is 17.9. The molecule has 0 aromatic heterocycles. The standard InChI is InChI=1S/C44H46N2O6/c47-31-34-20-22-36(23-21-34)41-26-40(30-46(28-32-10-3-1-4-11-32)29-33-12-5-2-6-13-33)51-44(52-41)39-17-8-16-38(25-39)37-15-7-14-35(24-37)27-45-42(48)18-9-19-43(49)50/h1-8,10-17,20-25,40-41,44,47H,9,18-19,26-31H2,(H,45,48)(H,49,50). The Bertz CT molecular complexity index is 1840. The summed E-state index contributed by atoms with van der Waals surface area (Å²) in [6, 6.07) is 45.2. The van der Waals surface area contributed by atoms with E-state index < -0.39 is 12.3 Å². The van der Waals surface area contributed by atoms with Crippen molar-refractivity contribution in [3.05, 3.63) is 167 Å². The smallest absolute Gasteiger partial charge is 0.303 e. The van der Waals surface area contributed by atoms with Crippen LogP contribution in [-0.4, -0.2) is 39.6 Å². The van der Waals surface area contributed by atoms with Crippen LogP contribution < -0.4 is 5.32 Å². The van der Waals surface area contributed by atoms with Gasteiger partial charge < -0.3 is 25.0 Å². The molecule has 5 aromatic rings. The molecule has 5 aromatic carbocycles.